The van der Waals surface area contributed by atoms with E-state index in [9.17, 15) is 24.1 Å². The second-order valence-electron chi connectivity index (χ2n) is 5.07. The maximum atomic E-state index is 13.1. The third-order valence-electron chi connectivity index (χ3n) is 3.85. The maximum absolute atomic E-state index is 13.1. The van der Waals surface area contributed by atoms with Crippen molar-refractivity contribution in [2.45, 2.75) is 25.8 Å². The van der Waals surface area contributed by atoms with Gasteiger partial charge in [-0.1, -0.05) is 12.1 Å². The highest BCUT2D eigenvalue weighted by atomic mass is 19.1. The average Bonchev–Trinajstić information content (AvgIpc) is 3.20. The molecule has 2 rings (SSSR count). The van der Waals surface area contributed by atoms with Crippen LogP contribution >= 0.6 is 0 Å². The molecule has 1 saturated carbocycles. The van der Waals surface area contributed by atoms with Gasteiger partial charge in [0.15, 0.2) is 0 Å². The summed E-state index contributed by atoms with van der Waals surface area (Å²) in [6.07, 6.45) is 0. The first-order valence-corrected chi connectivity index (χ1v) is 7.14. The van der Waals surface area contributed by atoms with Gasteiger partial charge in [-0.15, -0.1) is 0 Å². The number of hydrogen-bond acceptors (Lipinski definition) is 6. The molecule has 0 unspecified atom stereocenters. The summed E-state index contributed by atoms with van der Waals surface area (Å²) in [6.45, 7) is 3.02. The fourth-order valence-corrected chi connectivity index (χ4v) is 2.85. The number of benzene rings is 1. The van der Waals surface area contributed by atoms with Gasteiger partial charge in [0.2, 0.25) is 11.5 Å². The molecule has 1 aliphatic carbocycles. The molecule has 0 aromatic heterocycles. The van der Waals surface area contributed by atoms with Crippen LogP contribution in [0.3, 0.4) is 0 Å². The smallest absolute Gasteiger partial charge is 0.331 e. The Balaban J connectivity index is 2.49. The van der Waals surface area contributed by atoms with Gasteiger partial charge in [-0.3, -0.25) is 19.7 Å². The lowest BCUT2D eigenvalue weighted by Crippen LogP contribution is -2.35. The SMILES string of the molecule is CCOC(=O)C1(C(=O)OCC)[C@@H]([N+](=O)[O-])[C@@H]1c1ccc(F)cc1. The quantitative estimate of drug-likeness (QED) is 0.342. The Bertz CT molecular complexity index is 611. The molecule has 23 heavy (non-hydrogen) atoms. The summed E-state index contributed by atoms with van der Waals surface area (Å²) in [5.74, 6) is -3.55. The van der Waals surface area contributed by atoms with E-state index in [2.05, 4.69) is 0 Å². The molecule has 1 fully saturated rings. The minimum Gasteiger partial charge on any atom is -0.465 e. The van der Waals surface area contributed by atoms with Gasteiger partial charge in [-0.25, -0.2) is 4.39 Å². The molecule has 0 amide bonds. The normalized spacial score (nSPS) is 21.3. The van der Waals surface area contributed by atoms with Crippen LogP contribution in [0.5, 0.6) is 0 Å². The van der Waals surface area contributed by atoms with Crippen molar-refractivity contribution in [3.8, 4) is 0 Å². The number of ether oxygens (including phenoxy) is 2. The lowest BCUT2D eigenvalue weighted by molar-refractivity contribution is -0.501. The van der Waals surface area contributed by atoms with Crippen LogP contribution in [-0.4, -0.2) is 36.1 Å². The first kappa shape index (κ1) is 16.9. The summed E-state index contributed by atoms with van der Waals surface area (Å²) < 4.78 is 22.8. The van der Waals surface area contributed by atoms with Crippen molar-refractivity contribution in [1.29, 1.82) is 0 Å². The highest BCUT2D eigenvalue weighted by molar-refractivity contribution is 6.06. The highest BCUT2D eigenvalue weighted by Gasteiger charge is 2.85. The molecule has 8 heteroatoms. The predicted octanol–water partition coefficient (Wildman–Crippen LogP) is 1.68. The van der Waals surface area contributed by atoms with Crippen molar-refractivity contribution >= 4 is 11.9 Å². The van der Waals surface area contributed by atoms with Gasteiger partial charge in [0.25, 0.3) is 0 Å². The van der Waals surface area contributed by atoms with E-state index in [1.165, 1.54) is 26.0 Å². The Morgan fingerprint density at radius 3 is 2.04 bits per heavy atom. The standard InChI is InChI=1S/C15H16FNO6/c1-3-22-13(18)15(14(19)23-4-2)11(12(15)17(20)21)9-5-7-10(16)8-6-9/h5-8,11-12H,3-4H2,1-2H3/t11-,12-/m0/s1. The van der Waals surface area contributed by atoms with Gasteiger partial charge in [-0.2, -0.15) is 0 Å². The maximum Gasteiger partial charge on any atom is 0.331 e. The molecule has 0 aliphatic heterocycles. The molecule has 0 N–H and O–H groups in total. The molecule has 0 bridgehead atoms. The minimum absolute atomic E-state index is 0.0272. The summed E-state index contributed by atoms with van der Waals surface area (Å²) in [7, 11) is 0. The number of rotatable bonds is 6. The van der Waals surface area contributed by atoms with Crippen molar-refractivity contribution in [3.05, 3.63) is 45.8 Å². The fourth-order valence-electron chi connectivity index (χ4n) is 2.85. The molecule has 7 nitrogen and oxygen atoms in total. The molecule has 2 atom stereocenters. The van der Waals surface area contributed by atoms with Crippen molar-refractivity contribution in [2.24, 2.45) is 5.41 Å². The number of esters is 2. The van der Waals surface area contributed by atoms with E-state index in [0.29, 0.717) is 5.56 Å². The zero-order chi connectivity index (χ0) is 17.2. The van der Waals surface area contributed by atoms with Crippen molar-refractivity contribution < 1.29 is 28.4 Å². The number of halogens is 1. The first-order chi connectivity index (χ1) is 10.9. The van der Waals surface area contributed by atoms with Crippen LogP contribution < -0.4 is 0 Å². The van der Waals surface area contributed by atoms with E-state index in [1.54, 1.807) is 0 Å². The van der Waals surface area contributed by atoms with Crippen LogP contribution in [0.15, 0.2) is 24.3 Å². The summed E-state index contributed by atoms with van der Waals surface area (Å²) in [5, 5.41) is 11.4. The summed E-state index contributed by atoms with van der Waals surface area (Å²) in [6, 6.07) is 3.37. The van der Waals surface area contributed by atoms with E-state index in [4.69, 9.17) is 9.47 Å². The van der Waals surface area contributed by atoms with E-state index in [0.717, 1.165) is 12.1 Å². The molecule has 1 aromatic rings. The van der Waals surface area contributed by atoms with Gasteiger partial charge >= 0.3 is 11.9 Å². The molecule has 1 aliphatic rings. The van der Waals surface area contributed by atoms with Crippen LogP contribution in [0.25, 0.3) is 0 Å². The van der Waals surface area contributed by atoms with E-state index < -0.39 is 40.1 Å². The van der Waals surface area contributed by atoms with Gasteiger partial charge in [0, 0.05) is 4.92 Å². The Hall–Kier alpha value is -2.51. The molecule has 0 heterocycles. The summed E-state index contributed by atoms with van der Waals surface area (Å²) >= 11 is 0. The minimum atomic E-state index is -2.02. The molecular weight excluding hydrogens is 309 g/mol. The number of carbonyl (C=O) groups excluding carboxylic acids is 2. The second-order valence-corrected chi connectivity index (χ2v) is 5.07. The van der Waals surface area contributed by atoms with Crippen LogP contribution in [0.4, 0.5) is 4.39 Å². The number of hydrogen-bond donors (Lipinski definition) is 0. The van der Waals surface area contributed by atoms with E-state index in [-0.39, 0.29) is 13.2 Å². The van der Waals surface area contributed by atoms with E-state index in [1.807, 2.05) is 0 Å². The number of nitro groups is 1. The van der Waals surface area contributed by atoms with Crippen LogP contribution in [0.1, 0.15) is 25.3 Å². The van der Waals surface area contributed by atoms with Crippen LogP contribution in [0, 0.1) is 21.3 Å². The van der Waals surface area contributed by atoms with Crippen LogP contribution in [-0.2, 0) is 19.1 Å². The Morgan fingerprint density at radius 2 is 1.65 bits per heavy atom. The molecule has 124 valence electrons. The molecular formula is C15H16FNO6. The first-order valence-electron chi connectivity index (χ1n) is 7.14. The summed E-state index contributed by atoms with van der Waals surface area (Å²) in [4.78, 5) is 35.3. The zero-order valence-electron chi connectivity index (χ0n) is 12.7. The molecule has 0 spiro atoms. The second kappa shape index (κ2) is 6.31. The fraction of sp³-hybridized carbons (Fsp3) is 0.467. The largest absolute Gasteiger partial charge is 0.465 e. The third kappa shape index (κ3) is 2.64. The lowest BCUT2D eigenvalue weighted by Gasteiger charge is -2.13. The number of carbonyl (C=O) groups is 2. The van der Waals surface area contributed by atoms with Gasteiger partial charge in [0.1, 0.15) is 5.82 Å². The molecule has 1 aromatic carbocycles. The van der Waals surface area contributed by atoms with Gasteiger partial charge in [0.05, 0.1) is 19.1 Å². The van der Waals surface area contributed by atoms with Crippen molar-refractivity contribution in [2.75, 3.05) is 13.2 Å². The third-order valence-corrected chi connectivity index (χ3v) is 3.85. The Kier molecular flexibility index (Phi) is 4.63. The monoisotopic (exact) mass is 325 g/mol. The highest BCUT2D eigenvalue weighted by Crippen LogP contribution is 2.62. The zero-order valence-corrected chi connectivity index (χ0v) is 12.7. The van der Waals surface area contributed by atoms with Crippen molar-refractivity contribution in [1.82, 2.24) is 0 Å². The topological polar surface area (TPSA) is 95.7 Å². The number of nitrogens with zero attached hydrogens (tertiary/aromatic N) is 1. The molecule has 0 radical (unpaired) electrons. The lowest BCUT2D eigenvalue weighted by atomic mass is 9.99. The molecule has 0 saturated heterocycles. The van der Waals surface area contributed by atoms with Crippen LogP contribution in [0.2, 0.25) is 0 Å². The van der Waals surface area contributed by atoms with Gasteiger partial charge in [-0.05, 0) is 31.5 Å². The van der Waals surface area contributed by atoms with E-state index >= 15 is 0 Å². The summed E-state index contributed by atoms with van der Waals surface area (Å²) in [5.41, 5.74) is -1.71. The van der Waals surface area contributed by atoms with Gasteiger partial charge < -0.3 is 9.47 Å². The van der Waals surface area contributed by atoms with Crippen molar-refractivity contribution in [3.63, 3.8) is 0 Å². The Morgan fingerprint density at radius 1 is 1.17 bits per heavy atom. The average molecular weight is 325 g/mol. The Labute approximate surface area is 131 Å². The predicted molar refractivity (Wildman–Crippen MR) is 75.6 cm³/mol.